The topological polar surface area (TPSA) is 54.4 Å². The Bertz CT molecular complexity index is 982. The Kier molecular flexibility index (Phi) is 6.37. The number of para-hydroxylation sites is 1. The van der Waals surface area contributed by atoms with Gasteiger partial charge in [-0.15, -0.1) is 0 Å². The third-order valence-electron chi connectivity index (χ3n) is 4.27. The Balaban J connectivity index is 1.71. The lowest BCUT2D eigenvalue weighted by atomic mass is 9.92. The molecule has 0 radical (unpaired) electrons. The zero-order valence-corrected chi connectivity index (χ0v) is 17.7. The van der Waals surface area contributed by atoms with Crippen molar-refractivity contribution < 1.29 is 14.7 Å². The van der Waals surface area contributed by atoms with Gasteiger partial charge in [-0.2, -0.15) is 0 Å². The summed E-state index contributed by atoms with van der Waals surface area (Å²) in [6.07, 6.45) is -0.0517. The van der Waals surface area contributed by atoms with Crippen molar-refractivity contribution in [2.45, 2.75) is 27.5 Å². The second-order valence-corrected chi connectivity index (χ2v) is 9.48. The number of benzene rings is 3. The highest BCUT2D eigenvalue weighted by molar-refractivity contribution is 9.10. The van der Waals surface area contributed by atoms with Gasteiger partial charge in [-0.05, 0) is 43.3 Å². The fourth-order valence-corrected chi connectivity index (χ4v) is 4.11. The van der Waals surface area contributed by atoms with E-state index in [2.05, 4.69) is 15.9 Å². The predicted molar refractivity (Wildman–Crippen MR) is 116 cm³/mol. The minimum absolute atomic E-state index is 0.0517. The van der Waals surface area contributed by atoms with E-state index >= 15 is 0 Å². The van der Waals surface area contributed by atoms with Crippen molar-refractivity contribution in [3.63, 3.8) is 0 Å². The molecule has 3 aromatic rings. The number of aromatic hydroxyl groups is 1. The molecule has 1 N–H and O–H groups in total. The van der Waals surface area contributed by atoms with Crippen LogP contribution in [0.1, 0.15) is 34.1 Å². The number of halogens is 1. The van der Waals surface area contributed by atoms with E-state index in [1.54, 1.807) is 49.0 Å². The van der Waals surface area contributed by atoms with Gasteiger partial charge in [0.1, 0.15) is 5.75 Å². The van der Waals surface area contributed by atoms with Crippen LogP contribution in [-0.4, -0.2) is 21.0 Å². The van der Waals surface area contributed by atoms with E-state index in [1.165, 1.54) is 6.07 Å². The molecule has 3 nitrogen and oxygen atoms in total. The third kappa shape index (κ3) is 4.91. The molecular formula is C23H19BrO3S. The first-order valence-electron chi connectivity index (χ1n) is 8.75. The molecule has 0 aliphatic rings. The van der Waals surface area contributed by atoms with Crippen molar-refractivity contribution in [1.82, 2.24) is 0 Å². The van der Waals surface area contributed by atoms with Crippen LogP contribution in [0.4, 0.5) is 0 Å². The van der Waals surface area contributed by atoms with Gasteiger partial charge in [0.25, 0.3) is 0 Å². The Labute approximate surface area is 176 Å². The molecular weight excluding hydrogens is 436 g/mol. The van der Waals surface area contributed by atoms with Crippen LogP contribution in [0, 0.1) is 0 Å². The summed E-state index contributed by atoms with van der Waals surface area (Å²) in [6, 6.07) is 23.7. The van der Waals surface area contributed by atoms with E-state index in [0.717, 1.165) is 9.79 Å². The van der Waals surface area contributed by atoms with Crippen molar-refractivity contribution in [2.75, 3.05) is 0 Å². The van der Waals surface area contributed by atoms with Crippen LogP contribution in [0.25, 0.3) is 0 Å². The van der Waals surface area contributed by atoms with Crippen LogP contribution < -0.4 is 0 Å². The van der Waals surface area contributed by atoms with Gasteiger partial charge in [0.2, 0.25) is 0 Å². The van der Waals surface area contributed by atoms with Crippen LogP contribution in [-0.2, 0) is 0 Å². The molecule has 0 heterocycles. The number of phenolic OH excluding ortho intramolecular Hbond substituents is 1. The number of carbonyl (C=O) groups is 2. The van der Waals surface area contributed by atoms with Crippen molar-refractivity contribution in [3.05, 3.63) is 90.0 Å². The number of hydrogen-bond donors (Lipinski definition) is 1. The molecule has 3 rings (SSSR count). The maximum Gasteiger partial charge on any atom is 0.179 e. The minimum Gasteiger partial charge on any atom is -0.507 e. The second-order valence-electron chi connectivity index (χ2n) is 6.58. The molecule has 1 unspecified atom stereocenters. The molecule has 142 valence electrons. The van der Waals surface area contributed by atoms with Crippen LogP contribution >= 0.6 is 27.7 Å². The van der Waals surface area contributed by atoms with Gasteiger partial charge in [0.05, 0.1) is 9.89 Å². The molecule has 1 atom stereocenters. The monoisotopic (exact) mass is 454 g/mol. The highest BCUT2D eigenvalue weighted by Gasteiger charge is 2.34. The van der Waals surface area contributed by atoms with Crippen LogP contribution in [0.2, 0.25) is 0 Å². The first-order chi connectivity index (χ1) is 13.4. The van der Waals surface area contributed by atoms with E-state index in [0.29, 0.717) is 5.56 Å². The molecule has 0 bridgehead atoms. The van der Waals surface area contributed by atoms with Gasteiger partial charge in [0, 0.05) is 21.8 Å². The summed E-state index contributed by atoms with van der Waals surface area (Å²) in [5, 5.41) is 9.86. The number of phenols is 1. The zero-order valence-electron chi connectivity index (χ0n) is 15.3. The molecule has 5 heteroatoms. The molecule has 0 aliphatic carbocycles. The number of alkyl halides is 1. The van der Waals surface area contributed by atoms with E-state index in [4.69, 9.17) is 0 Å². The molecule has 0 aliphatic heterocycles. The smallest absolute Gasteiger partial charge is 0.179 e. The molecule has 0 saturated carbocycles. The average Bonchev–Trinajstić information content (AvgIpc) is 2.69. The maximum absolute atomic E-state index is 12.9. The second kappa shape index (κ2) is 8.76. The zero-order chi connectivity index (χ0) is 20.1. The van der Waals surface area contributed by atoms with Gasteiger partial charge < -0.3 is 5.11 Å². The van der Waals surface area contributed by atoms with Gasteiger partial charge >= 0.3 is 0 Å². The van der Waals surface area contributed by atoms with E-state index in [-0.39, 0.29) is 29.3 Å². The molecule has 0 fully saturated rings. The van der Waals surface area contributed by atoms with Crippen molar-refractivity contribution in [3.8, 4) is 5.75 Å². The normalized spacial score (nSPS) is 12.9. The number of ketones is 2. The van der Waals surface area contributed by atoms with E-state index < -0.39 is 4.32 Å². The lowest BCUT2D eigenvalue weighted by Gasteiger charge is -2.20. The van der Waals surface area contributed by atoms with Gasteiger partial charge in [-0.25, -0.2) is 0 Å². The largest absolute Gasteiger partial charge is 0.507 e. The molecule has 0 aromatic heterocycles. The summed E-state index contributed by atoms with van der Waals surface area (Å²) in [5.74, 6) is -0.542. The predicted octanol–water partition coefficient (Wildman–Crippen LogP) is 6.15. The first kappa shape index (κ1) is 20.4. The standard InChI is InChI=1S/C23H19BrO3S/c1-23(24,15-21(26)19-9-5-6-10-20(19)25)22(27)16-11-13-18(14-12-16)28-17-7-3-2-4-8-17/h2-14,25H,15H2,1H3. The Hall–Kier alpha value is -2.37. The highest BCUT2D eigenvalue weighted by Crippen LogP contribution is 2.32. The Morgan fingerprint density at radius 2 is 1.46 bits per heavy atom. The van der Waals surface area contributed by atoms with Crippen LogP contribution in [0.15, 0.2) is 88.7 Å². The Morgan fingerprint density at radius 3 is 2.11 bits per heavy atom. The summed E-state index contributed by atoms with van der Waals surface area (Å²) in [6.45, 7) is 1.68. The minimum atomic E-state index is -1.06. The van der Waals surface area contributed by atoms with Crippen molar-refractivity contribution in [1.29, 1.82) is 0 Å². The summed E-state index contributed by atoms with van der Waals surface area (Å²) in [4.78, 5) is 27.6. The summed E-state index contributed by atoms with van der Waals surface area (Å²) >= 11 is 5.04. The lowest BCUT2D eigenvalue weighted by Crippen LogP contribution is -2.31. The molecule has 0 saturated heterocycles. The highest BCUT2D eigenvalue weighted by atomic mass is 79.9. The van der Waals surface area contributed by atoms with Crippen LogP contribution in [0.5, 0.6) is 5.75 Å². The van der Waals surface area contributed by atoms with E-state index in [1.807, 2.05) is 42.5 Å². The van der Waals surface area contributed by atoms with Gasteiger partial charge in [-0.3, -0.25) is 9.59 Å². The molecule has 0 amide bonds. The summed E-state index contributed by atoms with van der Waals surface area (Å²) in [7, 11) is 0. The number of rotatable bonds is 7. The summed E-state index contributed by atoms with van der Waals surface area (Å²) in [5.41, 5.74) is 0.748. The lowest BCUT2D eigenvalue weighted by molar-refractivity contribution is 0.0887. The fraction of sp³-hybridized carbons (Fsp3) is 0.130. The van der Waals surface area contributed by atoms with Crippen molar-refractivity contribution in [2.24, 2.45) is 0 Å². The third-order valence-corrected chi connectivity index (χ3v) is 5.92. The van der Waals surface area contributed by atoms with Crippen LogP contribution in [0.3, 0.4) is 0 Å². The number of carbonyl (C=O) groups excluding carboxylic acids is 2. The van der Waals surface area contributed by atoms with E-state index in [9.17, 15) is 14.7 Å². The average molecular weight is 455 g/mol. The van der Waals surface area contributed by atoms with Gasteiger partial charge in [0.15, 0.2) is 11.6 Å². The van der Waals surface area contributed by atoms with Crippen molar-refractivity contribution >= 4 is 39.3 Å². The first-order valence-corrected chi connectivity index (χ1v) is 10.4. The quantitative estimate of drug-likeness (QED) is 0.343. The fourth-order valence-electron chi connectivity index (χ4n) is 2.79. The summed E-state index contributed by atoms with van der Waals surface area (Å²) < 4.78 is -1.06. The Morgan fingerprint density at radius 1 is 0.893 bits per heavy atom. The number of hydrogen-bond acceptors (Lipinski definition) is 4. The SMILES string of the molecule is CC(Br)(CC(=O)c1ccccc1O)C(=O)c1ccc(Sc2ccccc2)cc1. The maximum atomic E-state index is 12.9. The molecule has 28 heavy (non-hydrogen) atoms. The number of Topliss-reactive ketones (excluding diaryl/α,β-unsaturated/α-hetero) is 2. The molecule has 3 aromatic carbocycles. The van der Waals surface area contributed by atoms with Gasteiger partial charge in [-0.1, -0.05) is 70.2 Å². The molecule has 0 spiro atoms.